The van der Waals surface area contributed by atoms with Crippen LogP contribution in [0.4, 0.5) is 0 Å². The van der Waals surface area contributed by atoms with Crippen molar-refractivity contribution in [2.75, 3.05) is 6.61 Å². The van der Waals surface area contributed by atoms with E-state index in [2.05, 4.69) is 19.2 Å². The monoisotopic (exact) mass is 231 g/mol. The van der Waals surface area contributed by atoms with Gasteiger partial charge in [0, 0.05) is 5.54 Å². The Morgan fingerprint density at radius 3 is 2.33 bits per heavy atom. The molecule has 86 valence electrons. The number of hydrogen-bond acceptors (Lipinski definition) is 3. The zero-order valence-corrected chi connectivity index (χ0v) is 10.4. The van der Waals surface area contributed by atoms with Gasteiger partial charge < -0.3 is 9.15 Å². The molecule has 1 aromatic rings. The van der Waals surface area contributed by atoms with Gasteiger partial charge in [-0.15, -0.1) is 12.4 Å². The maximum Gasteiger partial charge on any atom is 0.175 e. The molecule has 1 saturated heterocycles. The molecule has 1 fully saturated rings. The molecule has 0 spiro atoms. The second-order valence-corrected chi connectivity index (χ2v) is 4.74. The summed E-state index contributed by atoms with van der Waals surface area (Å²) in [5, 5.41) is 3.42. The zero-order valence-electron chi connectivity index (χ0n) is 9.59. The first-order valence-electron chi connectivity index (χ1n) is 4.92. The first kappa shape index (κ1) is 12.6. The maximum absolute atomic E-state index is 5.75. The predicted molar refractivity (Wildman–Crippen MR) is 61.2 cm³/mol. The fraction of sp³-hybridized carbons (Fsp3) is 0.636. The van der Waals surface area contributed by atoms with Crippen molar-refractivity contribution in [2.24, 2.45) is 0 Å². The second kappa shape index (κ2) is 3.81. The molecule has 1 aliphatic heterocycles. The highest BCUT2D eigenvalue weighted by Crippen LogP contribution is 2.32. The molecule has 1 aromatic heterocycles. The summed E-state index contributed by atoms with van der Waals surface area (Å²) in [6.07, 6.45) is 0. The number of furan rings is 1. The zero-order chi connectivity index (χ0) is 10.4. The highest BCUT2D eigenvalue weighted by atomic mass is 35.5. The van der Waals surface area contributed by atoms with Crippen molar-refractivity contribution >= 4 is 12.4 Å². The van der Waals surface area contributed by atoms with Crippen molar-refractivity contribution in [3.63, 3.8) is 0 Å². The van der Waals surface area contributed by atoms with Gasteiger partial charge in [0.1, 0.15) is 5.76 Å². The van der Waals surface area contributed by atoms with E-state index in [1.165, 1.54) is 0 Å². The summed E-state index contributed by atoms with van der Waals surface area (Å²) in [4.78, 5) is 0. The van der Waals surface area contributed by atoms with Gasteiger partial charge in [0.25, 0.3) is 0 Å². The summed E-state index contributed by atoms with van der Waals surface area (Å²) in [5.74, 6) is 1.76. The van der Waals surface area contributed by atoms with Gasteiger partial charge in [0.2, 0.25) is 0 Å². The lowest BCUT2D eigenvalue weighted by Crippen LogP contribution is -2.44. The topological polar surface area (TPSA) is 34.4 Å². The van der Waals surface area contributed by atoms with Gasteiger partial charge in [-0.1, -0.05) is 0 Å². The van der Waals surface area contributed by atoms with Crippen LogP contribution in [0.3, 0.4) is 0 Å². The minimum absolute atomic E-state index is 0. The van der Waals surface area contributed by atoms with Gasteiger partial charge >= 0.3 is 0 Å². The third-order valence-electron chi connectivity index (χ3n) is 2.51. The molecule has 1 atom stereocenters. The van der Waals surface area contributed by atoms with Crippen molar-refractivity contribution in [1.29, 1.82) is 0 Å². The Labute approximate surface area is 96.6 Å². The van der Waals surface area contributed by atoms with Crippen molar-refractivity contribution in [2.45, 2.75) is 39.0 Å². The molecule has 0 aromatic carbocycles. The van der Waals surface area contributed by atoms with Gasteiger partial charge in [0.05, 0.1) is 6.61 Å². The van der Waals surface area contributed by atoms with Gasteiger partial charge in [0.15, 0.2) is 11.5 Å². The lowest BCUT2D eigenvalue weighted by Gasteiger charge is -2.24. The molecule has 2 heterocycles. The van der Waals surface area contributed by atoms with E-state index in [1.54, 1.807) is 0 Å². The molecular formula is C11H18ClNO2. The number of aryl methyl sites for hydroxylation is 1. The summed E-state index contributed by atoms with van der Waals surface area (Å²) < 4.78 is 11.3. The molecule has 2 rings (SSSR count). The molecule has 1 aliphatic rings. The largest absolute Gasteiger partial charge is 0.462 e. The van der Waals surface area contributed by atoms with Crippen LogP contribution in [0, 0.1) is 6.92 Å². The van der Waals surface area contributed by atoms with E-state index in [0.29, 0.717) is 6.61 Å². The van der Waals surface area contributed by atoms with Gasteiger partial charge in [-0.3, -0.25) is 5.32 Å². The Bertz CT molecular complexity index is 348. The van der Waals surface area contributed by atoms with Crippen LogP contribution < -0.4 is 5.32 Å². The van der Waals surface area contributed by atoms with Crippen molar-refractivity contribution < 1.29 is 9.15 Å². The molecule has 0 bridgehead atoms. The van der Waals surface area contributed by atoms with E-state index in [-0.39, 0.29) is 17.9 Å². The Balaban J connectivity index is 0.00000112. The SMILES string of the molecule is Cc1ccc(C2(C)NC(C)(C)CO2)o1.Cl. The number of halogens is 1. The predicted octanol–water partition coefficient (Wildman–Crippen LogP) is 2.58. The molecule has 0 saturated carbocycles. The van der Waals surface area contributed by atoms with E-state index >= 15 is 0 Å². The highest BCUT2D eigenvalue weighted by molar-refractivity contribution is 5.85. The molecule has 0 aliphatic carbocycles. The lowest BCUT2D eigenvalue weighted by molar-refractivity contribution is -0.0159. The molecule has 3 nitrogen and oxygen atoms in total. The van der Waals surface area contributed by atoms with Crippen LogP contribution in [0.2, 0.25) is 0 Å². The van der Waals surface area contributed by atoms with Gasteiger partial charge in [-0.05, 0) is 39.8 Å². The van der Waals surface area contributed by atoms with Crippen molar-refractivity contribution in [3.05, 3.63) is 23.7 Å². The van der Waals surface area contributed by atoms with Crippen LogP contribution in [0.5, 0.6) is 0 Å². The average Bonchev–Trinajstić information content (AvgIpc) is 2.57. The van der Waals surface area contributed by atoms with E-state index in [4.69, 9.17) is 9.15 Å². The molecule has 15 heavy (non-hydrogen) atoms. The average molecular weight is 232 g/mol. The molecule has 1 unspecified atom stereocenters. The summed E-state index contributed by atoms with van der Waals surface area (Å²) >= 11 is 0. The Kier molecular flexibility index (Phi) is 3.19. The van der Waals surface area contributed by atoms with Crippen LogP contribution in [-0.4, -0.2) is 12.1 Å². The maximum atomic E-state index is 5.75. The van der Waals surface area contributed by atoms with Crippen LogP contribution in [0.25, 0.3) is 0 Å². The Hall–Kier alpha value is -0.510. The van der Waals surface area contributed by atoms with E-state index in [1.807, 2.05) is 26.0 Å². The summed E-state index contributed by atoms with van der Waals surface area (Å²) in [7, 11) is 0. The standard InChI is InChI=1S/C11H17NO2.ClH/c1-8-5-6-9(14-8)11(4)12-10(2,3)7-13-11;/h5-6,12H,7H2,1-4H3;1H. The van der Waals surface area contributed by atoms with Crippen LogP contribution >= 0.6 is 12.4 Å². The first-order valence-corrected chi connectivity index (χ1v) is 4.92. The van der Waals surface area contributed by atoms with E-state index < -0.39 is 5.72 Å². The van der Waals surface area contributed by atoms with Gasteiger partial charge in [-0.25, -0.2) is 0 Å². The summed E-state index contributed by atoms with van der Waals surface area (Å²) in [5.41, 5.74) is -0.465. The fourth-order valence-electron chi connectivity index (χ4n) is 1.87. The third-order valence-corrected chi connectivity index (χ3v) is 2.51. The summed E-state index contributed by atoms with van der Waals surface area (Å²) in [6, 6.07) is 3.92. The quantitative estimate of drug-likeness (QED) is 0.807. The normalized spacial score (nSPS) is 28.8. The van der Waals surface area contributed by atoms with Gasteiger partial charge in [-0.2, -0.15) is 0 Å². The molecule has 1 N–H and O–H groups in total. The van der Waals surface area contributed by atoms with E-state index in [9.17, 15) is 0 Å². The third kappa shape index (κ3) is 2.36. The Morgan fingerprint density at radius 2 is 1.93 bits per heavy atom. The molecule has 0 amide bonds. The number of rotatable bonds is 1. The van der Waals surface area contributed by atoms with E-state index in [0.717, 1.165) is 11.5 Å². The lowest BCUT2D eigenvalue weighted by atomic mass is 10.1. The smallest absolute Gasteiger partial charge is 0.175 e. The van der Waals surface area contributed by atoms with Crippen molar-refractivity contribution in [1.82, 2.24) is 5.32 Å². The number of hydrogen-bond donors (Lipinski definition) is 1. The van der Waals surface area contributed by atoms with Crippen molar-refractivity contribution in [3.8, 4) is 0 Å². The molecular weight excluding hydrogens is 214 g/mol. The first-order chi connectivity index (χ1) is 6.41. The molecule has 0 radical (unpaired) electrons. The fourth-order valence-corrected chi connectivity index (χ4v) is 1.87. The van der Waals surface area contributed by atoms with Crippen LogP contribution in [-0.2, 0) is 10.5 Å². The minimum Gasteiger partial charge on any atom is -0.462 e. The molecule has 4 heteroatoms. The highest BCUT2D eigenvalue weighted by Gasteiger charge is 2.43. The number of ether oxygens (including phenoxy) is 1. The van der Waals surface area contributed by atoms with Crippen LogP contribution in [0.1, 0.15) is 32.3 Å². The summed E-state index contributed by atoms with van der Waals surface area (Å²) in [6.45, 7) is 8.87. The Morgan fingerprint density at radius 1 is 1.27 bits per heavy atom. The second-order valence-electron chi connectivity index (χ2n) is 4.74. The minimum atomic E-state index is -0.474. The van der Waals surface area contributed by atoms with Crippen LogP contribution in [0.15, 0.2) is 16.5 Å². The number of nitrogens with one attached hydrogen (secondary N) is 1.